The number of nitrogens with one attached hydrogen (secondary N) is 2. The number of pyridine rings is 1. The first kappa shape index (κ1) is 22.3. The minimum Gasteiger partial charge on any atom is -0.480 e. The molecule has 0 saturated carbocycles. The highest BCUT2D eigenvalue weighted by molar-refractivity contribution is 8.03. The van der Waals surface area contributed by atoms with Crippen LogP contribution < -0.4 is 15.4 Å². The summed E-state index contributed by atoms with van der Waals surface area (Å²) in [5.41, 5.74) is 2.97. The topological polar surface area (TPSA) is 101 Å². The predicted molar refractivity (Wildman–Crippen MR) is 126 cm³/mol. The van der Waals surface area contributed by atoms with Gasteiger partial charge in [0.25, 0.3) is 0 Å². The molecule has 3 N–H and O–H groups in total. The van der Waals surface area contributed by atoms with Gasteiger partial charge in [-0.15, -0.1) is 11.8 Å². The Morgan fingerprint density at radius 3 is 2.61 bits per heavy atom. The highest BCUT2D eigenvalue weighted by Crippen LogP contribution is 2.36. The predicted octanol–water partition coefficient (Wildman–Crippen LogP) is 5.90. The van der Waals surface area contributed by atoms with E-state index in [4.69, 9.17) is 9.84 Å². The van der Waals surface area contributed by atoms with Gasteiger partial charge >= 0.3 is 12.0 Å². The molecule has 2 aromatic carbocycles. The van der Waals surface area contributed by atoms with Gasteiger partial charge in [0.15, 0.2) is 0 Å². The van der Waals surface area contributed by atoms with E-state index in [0.717, 1.165) is 11.1 Å². The number of carboxylic acid groups (broad SMARTS) is 1. The van der Waals surface area contributed by atoms with Crippen LogP contribution in [0.4, 0.5) is 20.6 Å². The largest absolute Gasteiger partial charge is 0.480 e. The Bertz CT molecular complexity index is 1230. The number of aryl methyl sites for hydroxylation is 1. The molecule has 3 aromatic rings. The molecule has 1 aliphatic heterocycles. The maximum atomic E-state index is 13.8. The van der Waals surface area contributed by atoms with Crippen molar-refractivity contribution >= 4 is 40.7 Å². The Balaban J connectivity index is 1.37. The number of anilines is 2. The molecule has 0 aliphatic carbocycles. The number of ether oxygens (including phenoxy) is 1. The van der Waals surface area contributed by atoms with Crippen LogP contribution in [0.5, 0.6) is 11.5 Å². The summed E-state index contributed by atoms with van der Waals surface area (Å²) in [5.74, 6) is -0.259. The molecule has 1 unspecified atom stereocenters. The minimum absolute atomic E-state index is 0.103. The zero-order valence-electron chi connectivity index (χ0n) is 17.5. The lowest BCUT2D eigenvalue weighted by atomic mass is 10.1. The average Bonchev–Trinajstić information content (AvgIpc) is 3.29. The number of carbonyl (C=O) groups is 2. The quantitative estimate of drug-likeness (QED) is 0.419. The van der Waals surface area contributed by atoms with Crippen LogP contribution in [0.3, 0.4) is 0 Å². The lowest BCUT2D eigenvalue weighted by Gasteiger charge is -2.11. The smallest absolute Gasteiger partial charge is 0.323 e. The van der Waals surface area contributed by atoms with E-state index in [1.54, 1.807) is 54.7 Å². The first-order valence-electron chi connectivity index (χ1n) is 10.0. The van der Waals surface area contributed by atoms with E-state index < -0.39 is 23.1 Å². The van der Waals surface area contributed by atoms with E-state index in [2.05, 4.69) is 15.6 Å². The number of nitrogens with zero attached hydrogens (tertiary/aromatic N) is 1. The molecule has 0 radical (unpaired) electrons. The SMILES string of the molecule is Cc1ccc(F)c(NC(=O)Nc2ccc(Oc3ccnc(C4=CSC(C(=O)O)C4)c3)cc2)c1. The molecule has 0 spiro atoms. The lowest BCUT2D eigenvalue weighted by molar-refractivity contribution is -0.136. The van der Waals surface area contributed by atoms with Crippen molar-refractivity contribution in [2.75, 3.05) is 10.6 Å². The maximum Gasteiger partial charge on any atom is 0.323 e. The van der Waals surface area contributed by atoms with Crippen molar-refractivity contribution in [2.45, 2.75) is 18.6 Å². The second kappa shape index (κ2) is 9.74. The standard InChI is InChI=1S/C24H20FN3O4S/c1-14-2-7-19(25)21(10-14)28-24(31)27-16-3-5-17(6-4-16)32-18-8-9-26-20(12-18)15-11-22(23(29)30)33-13-15/h2-10,12-13,22H,11H2,1H3,(H,29,30)(H2,27,28,31). The number of aromatic nitrogens is 1. The lowest BCUT2D eigenvalue weighted by Crippen LogP contribution is -2.20. The number of carbonyl (C=O) groups excluding carboxylic acids is 1. The van der Waals surface area contributed by atoms with Gasteiger partial charge in [-0.05, 0) is 72.4 Å². The van der Waals surface area contributed by atoms with Gasteiger partial charge in [-0.25, -0.2) is 9.18 Å². The second-order valence-electron chi connectivity index (χ2n) is 7.38. The van der Waals surface area contributed by atoms with Crippen molar-refractivity contribution in [3.05, 3.63) is 83.3 Å². The molecule has 0 fully saturated rings. The fraction of sp³-hybridized carbons (Fsp3) is 0.125. The summed E-state index contributed by atoms with van der Waals surface area (Å²) >= 11 is 1.27. The summed E-state index contributed by atoms with van der Waals surface area (Å²) in [4.78, 5) is 27.6. The van der Waals surface area contributed by atoms with Gasteiger partial charge in [0.05, 0.1) is 11.4 Å². The van der Waals surface area contributed by atoms with Crippen LogP contribution in [-0.2, 0) is 4.79 Å². The zero-order chi connectivity index (χ0) is 23.4. The monoisotopic (exact) mass is 465 g/mol. The molecular formula is C24H20FN3O4S. The van der Waals surface area contributed by atoms with Gasteiger partial charge in [-0.1, -0.05) is 6.07 Å². The highest BCUT2D eigenvalue weighted by atomic mass is 32.2. The molecule has 1 atom stereocenters. The molecule has 4 rings (SSSR count). The summed E-state index contributed by atoms with van der Waals surface area (Å²) in [5, 5.41) is 15.6. The number of amides is 2. The number of benzene rings is 2. The van der Waals surface area contributed by atoms with Gasteiger partial charge in [0.1, 0.15) is 22.6 Å². The third-order valence-electron chi connectivity index (χ3n) is 4.83. The van der Waals surface area contributed by atoms with Crippen LogP contribution in [0.2, 0.25) is 0 Å². The zero-order valence-corrected chi connectivity index (χ0v) is 18.4. The number of carboxylic acids is 1. The number of hydrogen-bond donors (Lipinski definition) is 3. The van der Waals surface area contributed by atoms with E-state index in [1.165, 1.54) is 17.8 Å². The Hall–Kier alpha value is -3.85. The first-order valence-corrected chi connectivity index (χ1v) is 11.0. The number of thioether (sulfide) groups is 1. The van der Waals surface area contributed by atoms with Crippen LogP contribution in [-0.4, -0.2) is 27.3 Å². The number of allylic oxidation sites excluding steroid dienone is 1. The number of aliphatic carboxylic acids is 1. The van der Waals surface area contributed by atoms with E-state index in [9.17, 15) is 14.0 Å². The number of hydrogen-bond acceptors (Lipinski definition) is 5. The van der Waals surface area contributed by atoms with Crippen molar-refractivity contribution in [3.8, 4) is 11.5 Å². The third-order valence-corrected chi connectivity index (χ3v) is 5.95. The summed E-state index contributed by atoms with van der Waals surface area (Å²) in [6, 6.07) is 14.1. The van der Waals surface area contributed by atoms with E-state index in [1.807, 2.05) is 12.3 Å². The van der Waals surface area contributed by atoms with Gasteiger partial charge in [-0.3, -0.25) is 9.78 Å². The van der Waals surface area contributed by atoms with Crippen molar-refractivity contribution in [2.24, 2.45) is 0 Å². The van der Waals surface area contributed by atoms with E-state index in [0.29, 0.717) is 29.3 Å². The molecular weight excluding hydrogens is 445 g/mol. The third kappa shape index (κ3) is 5.69. The summed E-state index contributed by atoms with van der Waals surface area (Å²) in [6.07, 6.45) is 2.01. The minimum atomic E-state index is -0.843. The molecule has 0 saturated heterocycles. The highest BCUT2D eigenvalue weighted by Gasteiger charge is 2.25. The molecule has 2 amide bonds. The molecule has 2 heterocycles. The summed E-state index contributed by atoms with van der Waals surface area (Å²) in [7, 11) is 0. The van der Waals surface area contributed by atoms with E-state index >= 15 is 0 Å². The molecule has 33 heavy (non-hydrogen) atoms. The van der Waals surface area contributed by atoms with Crippen LogP contribution in [0.1, 0.15) is 17.7 Å². The van der Waals surface area contributed by atoms with Crippen LogP contribution in [0.25, 0.3) is 5.57 Å². The molecule has 1 aliphatic rings. The normalized spacial score (nSPS) is 15.0. The van der Waals surface area contributed by atoms with Gasteiger partial charge in [0.2, 0.25) is 0 Å². The fourth-order valence-electron chi connectivity index (χ4n) is 3.18. The number of rotatable bonds is 6. The number of halogens is 1. The van der Waals surface area contributed by atoms with Gasteiger partial charge in [-0.2, -0.15) is 0 Å². The van der Waals surface area contributed by atoms with Crippen LogP contribution in [0, 0.1) is 12.7 Å². The van der Waals surface area contributed by atoms with Crippen molar-refractivity contribution in [1.82, 2.24) is 4.98 Å². The van der Waals surface area contributed by atoms with Gasteiger partial charge in [0, 0.05) is 18.0 Å². The fourth-order valence-corrected chi connectivity index (χ4v) is 4.12. The Morgan fingerprint density at radius 1 is 1.09 bits per heavy atom. The maximum absolute atomic E-state index is 13.8. The first-order chi connectivity index (χ1) is 15.9. The van der Waals surface area contributed by atoms with Gasteiger partial charge < -0.3 is 20.5 Å². The second-order valence-corrected chi connectivity index (χ2v) is 8.45. The molecule has 7 nitrogen and oxygen atoms in total. The van der Waals surface area contributed by atoms with Crippen molar-refractivity contribution < 1.29 is 23.8 Å². The molecule has 0 bridgehead atoms. The Morgan fingerprint density at radius 2 is 1.88 bits per heavy atom. The van der Waals surface area contributed by atoms with Crippen molar-refractivity contribution in [3.63, 3.8) is 0 Å². The summed E-state index contributed by atoms with van der Waals surface area (Å²) < 4.78 is 19.7. The molecule has 168 valence electrons. The Labute approximate surface area is 193 Å². The van der Waals surface area contributed by atoms with Crippen LogP contribution >= 0.6 is 11.8 Å². The van der Waals surface area contributed by atoms with Crippen LogP contribution in [0.15, 0.2) is 66.2 Å². The van der Waals surface area contributed by atoms with Crippen molar-refractivity contribution in [1.29, 1.82) is 0 Å². The molecule has 9 heteroatoms. The average molecular weight is 466 g/mol. The van der Waals surface area contributed by atoms with E-state index in [-0.39, 0.29) is 5.69 Å². The summed E-state index contributed by atoms with van der Waals surface area (Å²) in [6.45, 7) is 1.81. The number of urea groups is 1. The molecule has 1 aromatic heterocycles. The Kier molecular flexibility index (Phi) is 6.60.